The molecule has 0 aliphatic rings. The van der Waals surface area contributed by atoms with E-state index in [0.717, 1.165) is 21.5 Å². The van der Waals surface area contributed by atoms with E-state index in [1.165, 1.54) is 4.88 Å². The molecule has 2 rings (SSSR count). The van der Waals surface area contributed by atoms with E-state index in [4.69, 9.17) is 22.1 Å². The van der Waals surface area contributed by atoms with Gasteiger partial charge in [0, 0.05) is 9.90 Å². The summed E-state index contributed by atoms with van der Waals surface area (Å²) >= 11 is 11.1. The predicted octanol–water partition coefficient (Wildman–Crippen LogP) is 4.24. The van der Waals surface area contributed by atoms with Crippen molar-refractivity contribution in [3.63, 3.8) is 0 Å². The van der Waals surface area contributed by atoms with Gasteiger partial charge in [-0.05, 0) is 64.8 Å². The van der Waals surface area contributed by atoms with E-state index in [1.807, 2.05) is 30.3 Å². The Hall–Kier alpha value is -0.550. The van der Waals surface area contributed by atoms with Gasteiger partial charge in [0.25, 0.3) is 0 Å². The van der Waals surface area contributed by atoms with Gasteiger partial charge in [-0.1, -0.05) is 11.6 Å². The largest absolute Gasteiger partial charge is 0.488 e. The third kappa shape index (κ3) is 3.72. The van der Waals surface area contributed by atoms with Crippen molar-refractivity contribution >= 4 is 38.9 Å². The first-order valence-electron chi connectivity index (χ1n) is 5.54. The average molecular weight is 347 g/mol. The number of hydrogen-bond donors (Lipinski definition) is 1. The van der Waals surface area contributed by atoms with Crippen LogP contribution in [0.5, 0.6) is 5.75 Å². The van der Waals surface area contributed by atoms with Crippen molar-refractivity contribution in [3.05, 3.63) is 49.6 Å². The van der Waals surface area contributed by atoms with E-state index < -0.39 is 0 Å². The molecule has 96 valence electrons. The molecule has 2 aromatic rings. The summed E-state index contributed by atoms with van der Waals surface area (Å²) in [5.41, 5.74) is 6.64. The minimum Gasteiger partial charge on any atom is -0.488 e. The Morgan fingerprint density at radius 3 is 2.78 bits per heavy atom. The standard InChI is InChI=1S/C13H13BrClNOS/c14-13-4-2-11(18-13)8-17-12-3-1-10(15)7-9(12)5-6-16/h1-4,7H,5-6,8,16H2. The van der Waals surface area contributed by atoms with E-state index in [-0.39, 0.29) is 0 Å². The van der Waals surface area contributed by atoms with E-state index >= 15 is 0 Å². The molecular formula is C13H13BrClNOS. The zero-order chi connectivity index (χ0) is 13.0. The van der Waals surface area contributed by atoms with Gasteiger partial charge >= 0.3 is 0 Å². The van der Waals surface area contributed by atoms with E-state index in [0.29, 0.717) is 18.2 Å². The van der Waals surface area contributed by atoms with E-state index in [9.17, 15) is 0 Å². The number of thiophene rings is 1. The Kier molecular flexibility index (Phi) is 5.06. The molecule has 0 bridgehead atoms. The highest BCUT2D eigenvalue weighted by molar-refractivity contribution is 9.11. The van der Waals surface area contributed by atoms with Crippen LogP contribution in [-0.4, -0.2) is 6.54 Å². The smallest absolute Gasteiger partial charge is 0.123 e. The number of rotatable bonds is 5. The molecule has 0 unspecified atom stereocenters. The lowest BCUT2D eigenvalue weighted by atomic mass is 10.1. The summed E-state index contributed by atoms with van der Waals surface area (Å²) in [6.45, 7) is 1.15. The number of hydrogen-bond acceptors (Lipinski definition) is 3. The number of ether oxygens (including phenoxy) is 1. The zero-order valence-corrected chi connectivity index (χ0v) is 12.8. The highest BCUT2D eigenvalue weighted by atomic mass is 79.9. The molecule has 0 aliphatic carbocycles. The van der Waals surface area contributed by atoms with Gasteiger partial charge in [-0.25, -0.2) is 0 Å². The molecule has 2 nitrogen and oxygen atoms in total. The highest BCUT2D eigenvalue weighted by Crippen LogP contribution is 2.26. The fourth-order valence-electron chi connectivity index (χ4n) is 1.62. The monoisotopic (exact) mass is 345 g/mol. The van der Waals surface area contributed by atoms with Crippen LogP contribution in [0.1, 0.15) is 10.4 Å². The van der Waals surface area contributed by atoms with Crippen molar-refractivity contribution < 1.29 is 4.74 Å². The molecule has 0 saturated carbocycles. The Morgan fingerprint density at radius 1 is 1.28 bits per heavy atom. The predicted molar refractivity (Wildman–Crippen MR) is 80.6 cm³/mol. The molecule has 1 heterocycles. The van der Waals surface area contributed by atoms with Crippen LogP contribution in [0.2, 0.25) is 5.02 Å². The van der Waals surface area contributed by atoms with Gasteiger partial charge in [-0.2, -0.15) is 0 Å². The minimum absolute atomic E-state index is 0.565. The Balaban J connectivity index is 2.08. The minimum atomic E-state index is 0.565. The maximum Gasteiger partial charge on any atom is 0.123 e. The fourth-order valence-corrected chi connectivity index (χ4v) is 3.21. The van der Waals surface area contributed by atoms with E-state index in [2.05, 4.69) is 15.9 Å². The molecule has 0 spiro atoms. The van der Waals surface area contributed by atoms with Gasteiger partial charge in [0.15, 0.2) is 0 Å². The second kappa shape index (κ2) is 6.57. The van der Waals surface area contributed by atoms with Gasteiger partial charge in [0.05, 0.1) is 3.79 Å². The van der Waals surface area contributed by atoms with Crippen molar-refractivity contribution in [1.82, 2.24) is 0 Å². The van der Waals surface area contributed by atoms with E-state index in [1.54, 1.807) is 11.3 Å². The average Bonchev–Trinajstić information content (AvgIpc) is 2.75. The van der Waals surface area contributed by atoms with Gasteiger partial charge in [-0.15, -0.1) is 11.3 Å². The normalized spacial score (nSPS) is 10.6. The third-order valence-electron chi connectivity index (χ3n) is 2.43. The molecule has 1 aromatic carbocycles. The summed E-state index contributed by atoms with van der Waals surface area (Å²) in [5.74, 6) is 0.856. The van der Waals surface area contributed by atoms with Crippen LogP contribution in [0, 0.1) is 0 Å². The summed E-state index contributed by atoms with van der Waals surface area (Å²) in [6, 6.07) is 9.71. The van der Waals surface area contributed by atoms with Crippen molar-refractivity contribution in [3.8, 4) is 5.75 Å². The lowest BCUT2D eigenvalue weighted by Gasteiger charge is -2.10. The Bertz CT molecular complexity index is 529. The van der Waals surface area contributed by atoms with Gasteiger partial charge in [-0.3, -0.25) is 0 Å². The van der Waals surface area contributed by atoms with Crippen LogP contribution in [0.15, 0.2) is 34.1 Å². The Labute approximate surface area is 124 Å². The fraction of sp³-hybridized carbons (Fsp3) is 0.231. The first kappa shape index (κ1) is 13.9. The van der Waals surface area contributed by atoms with Crippen molar-refractivity contribution in [2.45, 2.75) is 13.0 Å². The zero-order valence-electron chi connectivity index (χ0n) is 9.66. The highest BCUT2D eigenvalue weighted by Gasteiger charge is 2.05. The third-order valence-corrected chi connectivity index (χ3v) is 4.27. The molecule has 18 heavy (non-hydrogen) atoms. The quantitative estimate of drug-likeness (QED) is 0.878. The van der Waals surface area contributed by atoms with Crippen LogP contribution in [0.4, 0.5) is 0 Å². The first-order valence-corrected chi connectivity index (χ1v) is 7.53. The lowest BCUT2D eigenvalue weighted by molar-refractivity contribution is 0.306. The molecule has 2 N–H and O–H groups in total. The van der Waals surface area contributed by atoms with Crippen molar-refractivity contribution in [2.75, 3.05) is 6.54 Å². The number of halogens is 2. The van der Waals surface area contributed by atoms with Crippen LogP contribution in [0.3, 0.4) is 0 Å². The van der Waals surface area contributed by atoms with Crippen LogP contribution in [0.25, 0.3) is 0 Å². The topological polar surface area (TPSA) is 35.2 Å². The summed E-state index contributed by atoms with van der Waals surface area (Å²) in [5, 5.41) is 0.713. The molecule has 0 amide bonds. The molecular weight excluding hydrogens is 334 g/mol. The van der Waals surface area contributed by atoms with Crippen molar-refractivity contribution in [2.24, 2.45) is 5.73 Å². The van der Waals surface area contributed by atoms with Crippen LogP contribution < -0.4 is 10.5 Å². The summed E-state index contributed by atoms with van der Waals surface area (Å²) in [6.07, 6.45) is 0.768. The van der Waals surface area contributed by atoms with Crippen molar-refractivity contribution in [1.29, 1.82) is 0 Å². The van der Waals surface area contributed by atoms with Crippen LogP contribution in [-0.2, 0) is 13.0 Å². The molecule has 0 fully saturated rings. The SMILES string of the molecule is NCCc1cc(Cl)ccc1OCc1ccc(Br)s1. The van der Waals surface area contributed by atoms with Gasteiger partial charge in [0.2, 0.25) is 0 Å². The molecule has 0 aliphatic heterocycles. The molecule has 0 radical (unpaired) electrons. The lowest BCUT2D eigenvalue weighted by Crippen LogP contribution is -2.05. The second-order valence-electron chi connectivity index (χ2n) is 3.79. The molecule has 1 aromatic heterocycles. The summed E-state index contributed by atoms with van der Waals surface area (Å²) < 4.78 is 6.93. The molecule has 0 saturated heterocycles. The second-order valence-corrected chi connectivity index (χ2v) is 6.77. The number of nitrogens with two attached hydrogens (primary N) is 1. The van der Waals surface area contributed by atoms with Gasteiger partial charge < -0.3 is 10.5 Å². The molecule has 0 atom stereocenters. The molecule has 5 heteroatoms. The number of benzene rings is 1. The van der Waals surface area contributed by atoms with Crippen LogP contribution >= 0.6 is 38.9 Å². The first-order chi connectivity index (χ1) is 8.69. The maximum absolute atomic E-state index is 5.97. The van der Waals surface area contributed by atoms with Gasteiger partial charge in [0.1, 0.15) is 12.4 Å². The summed E-state index contributed by atoms with van der Waals surface area (Å²) in [4.78, 5) is 1.18. The Morgan fingerprint density at radius 2 is 2.11 bits per heavy atom. The summed E-state index contributed by atoms with van der Waals surface area (Å²) in [7, 11) is 0. The maximum atomic E-state index is 5.97.